The fourth-order valence-electron chi connectivity index (χ4n) is 3.68. The van der Waals surface area contributed by atoms with Crippen molar-refractivity contribution in [3.8, 4) is 11.1 Å². The van der Waals surface area contributed by atoms with E-state index in [1.54, 1.807) is 0 Å². The first-order valence-corrected chi connectivity index (χ1v) is 9.46. The van der Waals surface area contributed by atoms with E-state index < -0.39 is 0 Å². The first kappa shape index (κ1) is 16.8. The van der Waals surface area contributed by atoms with Crippen LogP contribution in [0.3, 0.4) is 0 Å². The van der Waals surface area contributed by atoms with E-state index in [-0.39, 0.29) is 0 Å². The number of rotatable bonds is 6. The van der Waals surface area contributed by atoms with E-state index in [4.69, 9.17) is 0 Å². The molecule has 0 radical (unpaired) electrons. The Hall–Kier alpha value is -2.61. The van der Waals surface area contributed by atoms with Gasteiger partial charge in [-0.2, -0.15) is 0 Å². The fraction of sp³-hybridized carbons (Fsp3) is 0.208. The molecule has 2 atom stereocenters. The van der Waals surface area contributed by atoms with Gasteiger partial charge < -0.3 is 0 Å². The quantitative estimate of drug-likeness (QED) is 0.597. The Morgan fingerprint density at radius 2 is 1.65 bits per heavy atom. The normalized spacial score (nSPS) is 18.3. The third kappa shape index (κ3) is 3.65. The Morgan fingerprint density at radius 1 is 0.923 bits per heavy atom. The van der Waals surface area contributed by atoms with E-state index in [1.807, 2.05) is 6.07 Å². The van der Waals surface area contributed by atoms with Gasteiger partial charge in [-0.15, -0.1) is 0 Å². The molecule has 128 valence electrons. The summed E-state index contributed by atoms with van der Waals surface area (Å²) in [7, 11) is 4.24. The molecule has 1 fully saturated rings. The molecular formula is C24H24BN. The predicted octanol–water partition coefficient (Wildman–Crippen LogP) is 5.36. The molecule has 0 spiro atoms. The Morgan fingerprint density at radius 3 is 2.35 bits per heavy atom. The topological polar surface area (TPSA) is 12.0 Å². The summed E-state index contributed by atoms with van der Waals surface area (Å²) in [6, 6.07) is 27.8. The summed E-state index contributed by atoms with van der Waals surface area (Å²) in [4.78, 5) is 0. The van der Waals surface area contributed by atoms with Gasteiger partial charge in [-0.3, -0.25) is 0 Å². The molecule has 0 aliphatic heterocycles. The second kappa shape index (κ2) is 7.33. The fourth-order valence-corrected chi connectivity index (χ4v) is 3.68. The van der Waals surface area contributed by atoms with E-state index in [2.05, 4.69) is 92.5 Å². The van der Waals surface area contributed by atoms with Crippen molar-refractivity contribution in [1.29, 1.82) is 0 Å². The Balaban J connectivity index is 1.47. The number of benzene rings is 3. The average molecular weight is 337 g/mol. The minimum atomic E-state index is 0.778. The third-order valence-electron chi connectivity index (χ3n) is 5.40. The maximum atomic E-state index is 4.24. The van der Waals surface area contributed by atoms with E-state index >= 15 is 0 Å². The molecule has 3 aromatic carbocycles. The maximum absolute atomic E-state index is 4.24. The number of nitrogens with one attached hydrogen (secondary N) is 1. The Bertz CT molecular complexity index is 899. The standard InChI is InChI=1S/C24H24BN/c1-2-17-16-23(17)19-11-13-22(14-12-19)26-24(25)21-10-6-9-20(15-21)18-7-4-3-5-8-18/h3-15,17,23,25-26H,2,16H2,1H3/t17-,23+/m0/s1. The minimum absolute atomic E-state index is 0.778. The zero-order valence-corrected chi connectivity index (χ0v) is 15.3. The molecule has 0 bridgehead atoms. The van der Waals surface area contributed by atoms with Crippen molar-refractivity contribution in [3.63, 3.8) is 0 Å². The van der Waals surface area contributed by atoms with Gasteiger partial charge in [0.1, 0.15) is 0 Å². The van der Waals surface area contributed by atoms with Crippen LogP contribution in [0.1, 0.15) is 36.8 Å². The van der Waals surface area contributed by atoms with Gasteiger partial charge in [0, 0.05) is 0 Å². The van der Waals surface area contributed by atoms with Crippen molar-refractivity contribution in [1.82, 2.24) is 0 Å². The molecule has 0 heterocycles. The molecule has 1 nitrogen and oxygen atoms in total. The molecule has 3 aromatic rings. The molecule has 1 saturated carbocycles. The molecule has 26 heavy (non-hydrogen) atoms. The number of hydrogen-bond donors (Lipinski definition) is 1. The monoisotopic (exact) mass is 337 g/mol. The molecule has 1 aliphatic rings. The first-order chi connectivity index (χ1) is 12.7. The van der Waals surface area contributed by atoms with Gasteiger partial charge >= 0.3 is 157 Å². The predicted molar refractivity (Wildman–Crippen MR) is 114 cm³/mol. The molecule has 0 amide bonds. The van der Waals surface area contributed by atoms with Crippen molar-refractivity contribution < 1.29 is 0 Å². The Labute approximate surface area is 157 Å². The van der Waals surface area contributed by atoms with Crippen molar-refractivity contribution in [2.24, 2.45) is 5.92 Å². The van der Waals surface area contributed by atoms with Crippen molar-refractivity contribution in [2.45, 2.75) is 25.7 Å². The van der Waals surface area contributed by atoms with Crippen LogP contribution < -0.4 is 5.32 Å². The summed E-state index contributed by atoms with van der Waals surface area (Å²) >= 11 is 0. The van der Waals surface area contributed by atoms with Crippen LogP contribution in [-0.4, -0.2) is 13.1 Å². The van der Waals surface area contributed by atoms with Crippen LogP contribution in [-0.2, 0) is 0 Å². The summed E-state index contributed by atoms with van der Waals surface area (Å²) in [5.74, 6) is 1.67. The molecule has 0 saturated heterocycles. The summed E-state index contributed by atoms with van der Waals surface area (Å²) in [5, 5.41) is 3.45. The second-order valence-electron chi connectivity index (χ2n) is 7.18. The van der Waals surface area contributed by atoms with Crippen LogP contribution in [0, 0.1) is 5.92 Å². The van der Waals surface area contributed by atoms with E-state index in [9.17, 15) is 0 Å². The zero-order chi connectivity index (χ0) is 17.9. The average Bonchev–Trinajstić information content (AvgIpc) is 3.49. The van der Waals surface area contributed by atoms with E-state index in [0.29, 0.717) is 0 Å². The molecule has 4 rings (SSSR count). The van der Waals surface area contributed by atoms with Gasteiger partial charge in [0.05, 0.1) is 0 Å². The van der Waals surface area contributed by atoms with Crippen LogP contribution in [0.5, 0.6) is 0 Å². The molecule has 2 heteroatoms. The van der Waals surface area contributed by atoms with Gasteiger partial charge in [-0.25, -0.2) is 0 Å². The molecule has 0 aromatic heterocycles. The van der Waals surface area contributed by atoms with Crippen molar-refractivity contribution >= 4 is 18.8 Å². The Kier molecular flexibility index (Phi) is 4.75. The SMILES string of the molecule is B=C(Nc1ccc([C@@H]2C[C@@H]2CC)cc1)c1cccc(-c2ccccc2)c1. The van der Waals surface area contributed by atoms with Gasteiger partial charge in [-0.05, 0) is 0 Å². The van der Waals surface area contributed by atoms with Crippen LogP contribution in [0.2, 0.25) is 0 Å². The van der Waals surface area contributed by atoms with Crippen LogP contribution in [0.4, 0.5) is 5.69 Å². The summed E-state index contributed by atoms with van der Waals surface area (Å²) in [6.07, 6.45) is 2.64. The summed E-state index contributed by atoms with van der Waals surface area (Å²) in [6.45, 7) is 2.29. The van der Waals surface area contributed by atoms with E-state index in [1.165, 1.54) is 29.5 Å². The zero-order valence-electron chi connectivity index (χ0n) is 15.3. The summed E-state index contributed by atoms with van der Waals surface area (Å²) < 4.78 is 0. The van der Waals surface area contributed by atoms with Gasteiger partial charge in [-0.1, -0.05) is 0 Å². The summed E-state index contributed by atoms with van der Waals surface area (Å²) in [5.41, 5.74) is 7.04. The molecule has 0 unspecified atom stereocenters. The molecule has 1 N–H and O–H groups in total. The number of hydrogen-bond acceptors (Lipinski definition) is 1. The third-order valence-corrected chi connectivity index (χ3v) is 5.40. The van der Waals surface area contributed by atoms with Gasteiger partial charge in [0.15, 0.2) is 0 Å². The van der Waals surface area contributed by atoms with Crippen LogP contribution in [0.15, 0.2) is 78.9 Å². The molecular weight excluding hydrogens is 313 g/mol. The van der Waals surface area contributed by atoms with Gasteiger partial charge in [0.2, 0.25) is 0 Å². The second-order valence-corrected chi connectivity index (χ2v) is 7.18. The van der Waals surface area contributed by atoms with Crippen LogP contribution in [0.25, 0.3) is 11.1 Å². The molecule has 1 aliphatic carbocycles. The van der Waals surface area contributed by atoms with E-state index in [0.717, 1.165) is 28.7 Å². The first-order valence-electron chi connectivity index (χ1n) is 9.46. The van der Waals surface area contributed by atoms with Crippen molar-refractivity contribution in [2.75, 3.05) is 5.32 Å². The van der Waals surface area contributed by atoms with Crippen molar-refractivity contribution in [3.05, 3.63) is 90.0 Å². The van der Waals surface area contributed by atoms with Gasteiger partial charge in [0.25, 0.3) is 0 Å². The van der Waals surface area contributed by atoms with Crippen LogP contribution >= 0.6 is 0 Å². The number of anilines is 1.